The summed E-state index contributed by atoms with van der Waals surface area (Å²) in [7, 11) is 1.47. The lowest BCUT2D eigenvalue weighted by Crippen LogP contribution is -2.22. The predicted octanol–water partition coefficient (Wildman–Crippen LogP) is 3.62. The zero-order valence-electron chi connectivity index (χ0n) is 17.2. The molecule has 0 unspecified atom stereocenters. The van der Waals surface area contributed by atoms with Crippen molar-refractivity contribution in [1.29, 1.82) is 0 Å². The van der Waals surface area contributed by atoms with E-state index in [2.05, 4.69) is 10.3 Å². The highest BCUT2D eigenvalue weighted by atomic mass is 32.2. The molecule has 4 aromatic rings. The largest absolute Gasteiger partial charge is 0.493 e. The Hall–Kier alpha value is -3.07. The molecule has 2 aromatic heterocycles. The topological polar surface area (TPSA) is 77.9 Å². The lowest BCUT2D eigenvalue weighted by atomic mass is 10.0. The highest BCUT2D eigenvalue weighted by molar-refractivity contribution is 7.99. The normalized spacial score (nSPS) is 13.9. The van der Waals surface area contributed by atoms with Crippen LogP contribution in [0.5, 0.6) is 5.88 Å². The number of hydrogen-bond donors (Lipinski definition) is 1. The van der Waals surface area contributed by atoms with E-state index in [0.717, 1.165) is 38.2 Å². The molecule has 1 N–H and O–H groups in total. The molecule has 0 amide bonds. The predicted molar refractivity (Wildman–Crippen MR) is 118 cm³/mol. The van der Waals surface area contributed by atoms with Crippen molar-refractivity contribution in [3.63, 3.8) is 0 Å². The molecule has 7 nitrogen and oxygen atoms in total. The van der Waals surface area contributed by atoms with Crippen molar-refractivity contribution in [2.24, 2.45) is 13.0 Å². The van der Waals surface area contributed by atoms with Gasteiger partial charge in [-0.05, 0) is 48.3 Å². The van der Waals surface area contributed by atoms with Crippen LogP contribution in [0.2, 0.25) is 0 Å². The van der Waals surface area contributed by atoms with Crippen molar-refractivity contribution in [2.45, 2.75) is 30.8 Å². The third-order valence-electron chi connectivity index (χ3n) is 5.83. The highest BCUT2D eigenvalue weighted by Crippen LogP contribution is 2.37. The Bertz CT molecular complexity index is 1350. The van der Waals surface area contributed by atoms with Crippen molar-refractivity contribution in [1.82, 2.24) is 24.1 Å². The summed E-state index contributed by atoms with van der Waals surface area (Å²) in [5, 5.41) is 18.4. The first kappa shape index (κ1) is 19.9. The molecular weight excluding hydrogens is 417 g/mol. The van der Waals surface area contributed by atoms with Crippen molar-refractivity contribution in [3.05, 3.63) is 58.4 Å². The summed E-state index contributed by atoms with van der Waals surface area (Å²) in [5.74, 6) is 0.134. The van der Waals surface area contributed by atoms with Gasteiger partial charge >= 0.3 is 5.69 Å². The molecule has 0 aliphatic heterocycles. The maximum absolute atomic E-state index is 14.9. The minimum atomic E-state index is -0.405. The molecule has 1 fully saturated rings. The third kappa shape index (κ3) is 3.52. The Morgan fingerprint density at radius 1 is 1.26 bits per heavy atom. The Labute approximate surface area is 182 Å². The zero-order chi connectivity index (χ0) is 21.7. The number of benzene rings is 2. The molecule has 160 valence electrons. The first-order valence-electron chi connectivity index (χ1n) is 10.1. The van der Waals surface area contributed by atoms with Crippen LogP contribution < -0.4 is 5.69 Å². The molecule has 1 saturated carbocycles. The van der Waals surface area contributed by atoms with E-state index in [-0.39, 0.29) is 12.4 Å². The molecule has 2 aromatic carbocycles. The average Bonchev–Trinajstić information content (AvgIpc) is 3.45. The van der Waals surface area contributed by atoms with Gasteiger partial charge in [0.25, 0.3) is 0 Å². The summed E-state index contributed by atoms with van der Waals surface area (Å²) in [4.78, 5) is 13.1. The number of nitrogens with zero attached hydrogens (tertiary/aromatic N) is 5. The number of aromatic hydroxyl groups is 1. The van der Waals surface area contributed by atoms with E-state index in [1.165, 1.54) is 36.7 Å². The van der Waals surface area contributed by atoms with E-state index in [1.54, 1.807) is 17.8 Å². The van der Waals surface area contributed by atoms with Crippen molar-refractivity contribution < 1.29 is 9.50 Å². The Kier molecular flexibility index (Phi) is 4.85. The number of thioether (sulfide) groups is 1. The first-order chi connectivity index (χ1) is 15.0. The van der Waals surface area contributed by atoms with Gasteiger partial charge in [0.1, 0.15) is 11.3 Å². The van der Waals surface area contributed by atoms with Crippen molar-refractivity contribution in [3.8, 4) is 17.0 Å². The number of hydrogen-bond acceptors (Lipinski definition) is 5. The summed E-state index contributed by atoms with van der Waals surface area (Å²) < 4.78 is 19.3. The summed E-state index contributed by atoms with van der Waals surface area (Å²) >= 11 is 1.57. The van der Waals surface area contributed by atoms with Gasteiger partial charge in [-0.25, -0.2) is 13.9 Å². The van der Waals surface area contributed by atoms with Crippen LogP contribution in [0.3, 0.4) is 0 Å². The fourth-order valence-corrected chi connectivity index (χ4v) is 4.58. The fourth-order valence-electron chi connectivity index (χ4n) is 3.84. The van der Waals surface area contributed by atoms with Crippen LogP contribution >= 0.6 is 11.8 Å². The maximum Gasteiger partial charge on any atom is 0.331 e. The number of halogens is 1. The van der Waals surface area contributed by atoms with Crippen LogP contribution in [0.1, 0.15) is 18.4 Å². The second-order valence-electron chi connectivity index (χ2n) is 7.99. The Balaban J connectivity index is 1.50. The number of rotatable bonds is 6. The molecular formula is C22H22FN5O2S. The maximum atomic E-state index is 14.9. The van der Waals surface area contributed by atoms with Crippen molar-refractivity contribution in [2.75, 3.05) is 6.26 Å². The van der Waals surface area contributed by atoms with Crippen molar-refractivity contribution >= 4 is 22.8 Å². The number of fused-ring (bicyclic) bond motifs is 1. The van der Waals surface area contributed by atoms with E-state index in [4.69, 9.17) is 0 Å². The van der Waals surface area contributed by atoms with Gasteiger partial charge in [0.15, 0.2) is 0 Å². The summed E-state index contributed by atoms with van der Waals surface area (Å²) in [6.45, 7) is 0.935. The van der Waals surface area contributed by atoms with Crippen LogP contribution in [0.15, 0.2) is 46.2 Å². The van der Waals surface area contributed by atoms with Gasteiger partial charge in [-0.15, -0.1) is 16.9 Å². The molecule has 2 heterocycles. The van der Waals surface area contributed by atoms with Gasteiger partial charge in [0.05, 0.1) is 18.3 Å². The van der Waals surface area contributed by atoms with Crippen LogP contribution in [-0.4, -0.2) is 35.5 Å². The second-order valence-corrected chi connectivity index (χ2v) is 8.81. The number of imidazole rings is 1. The molecule has 5 rings (SSSR count). The minimum absolute atomic E-state index is 0.0449. The van der Waals surface area contributed by atoms with E-state index < -0.39 is 11.5 Å². The lowest BCUT2D eigenvalue weighted by molar-refractivity contribution is 0.429. The third-order valence-corrected chi connectivity index (χ3v) is 6.65. The standard InChI is InChI=1S/C22H22FN5O2S/c1-26-19(29)12-27(22(26)30)11-15-6-5-14(9-17(15)23)16-7-8-18-20(21(16)31-2)24-25-28(18)10-13-3-4-13/h5-9,12-13,29H,3-4,10-11H2,1-2H3. The van der Waals surface area contributed by atoms with Gasteiger partial charge < -0.3 is 5.11 Å². The minimum Gasteiger partial charge on any atom is -0.493 e. The van der Waals surface area contributed by atoms with Gasteiger partial charge in [0, 0.05) is 24.1 Å². The molecule has 0 radical (unpaired) electrons. The van der Waals surface area contributed by atoms with Gasteiger partial charge in [0.2, 0.25) is 5.88 Å². The highest BCUT2D eigenvalue weighted by Gasteiger charge is 2.24. The van der Waals surface area contributed by atoms with Gasteiger partial charge in [-0.1, -0.05) is 23.4 Å². The molecule has 1 aliphatic carbocycles. The monoisotopic (exact) mass is 439 g/mol. The van der Waals surface area contributed by atoms with Crippen LogP contribution in [0.25, 0.3) is 22.2 Å². The Morgan fingerprint density at radius 3 is 2.71 bits per heavy atom. The summed E-state index contributed by atoms with van der Waals surface area (Å²) in [6, 6.07) is 9.01. The number of aromatic nitrogens is 5. The van der Waals surface area contributed by atoms with Crippen LogP contribution in [0.4, 0.5) is 4.39 Å². The van der Waals surface area contributed by atoms with E-state index >= 15 is 0 Å². The van der Waals surface area contributed by atoms with E-state index in [1.807, 2.05) is 29.1 Å². The van der Waals surface area contributed by atoms with Crippen LogP contribution in [-0.2, 0) is 20.1 Å². The molecule has 9 heteroatoms. The smallest absolute Gasteiger partial charge is 0.331 e. The molecule has 0 bridgehead atoms. The Morgan fingerprint density at radius 2 is 2.06 bits per heavy atom. The lowest BCUT2D eigenvalue weighted by Gasteiger charge is -2.11. The van der Waals surface area contributed by atoms with Crippen LogP contribution in [0, 0.1) is 11.7 Å². The van der Waals surface area contributed by atoms with Gasteiger partial charge in [-0.3, -0.25) is 9.13 Å². The van der Waals surface area contributed by atoms with E-state index in [9.17, 15) is 14.3 Å². The zero-order valence-corrected chi connectivity index (χ0v) is 18.1. The molecule has 0 atom stereocenters. The van der Waals surface area contributed by atoms with E-state index in [0.29, 0.717) is 11.5 Å². The summed E-state index contributed by atoms with van der Waals surface area (Å²) in [5.41, 5.74) is 3.46. The molecule has 1 aliphatic rings. The first-order valence-corrected chi connectivity index (χ1v) is 11.3. The second kappa shape index (κ2) is 7.56. The average molecular weight is 440 g/mol. The quantitative estimate of drug-likeness (QED) is 0.464. The fraction of sp³-hybridized carbons (Fsp3) is 0.318. The molecule has 0 spiro atoms. The van der Waals surface area contributed by atoms with Gasteiger partial charge in [-0.2, -0.15) is 0 Å². The SMILES string of the molecule is CSc1c(-c2ccc(Cn3cc(O)n(C)c3=O)c(F)c2)ccc2c1nnn2CC1CC1. The molecule has 31 heavy (non-hydrogen) atoms. The molecule has 0 saturated heterocycles. The summed E-state index contributed by atoms with van der Waals surface area (Å²) in [6.07, 6.45) is 5.78.